The van der Waals surface area contributed by atoms with Gasteiger partial charge in [0.1, 0.15) is 5.75 Å². The van der Waals surface area contributed by atoms with Gasteiger partial charge in [-0.15, -0.1) is 0 Å². The van der Waals surface area contributed by atoms with Crippen molar-refractivity contribution in [1.29, 1.82) is 0 Å². The van der Waals surface area contributed by atoms with Gasteiger partial charge in [-0.3, -0.25) is 0 Å². The predicted octanol–water partition coefficient (Wildman–Crippen LogP) is 3.07. The van der Waals surface area contributed by atoms with E-state index in [9.17, 15) is 0 Å². The van der Waals surface area contributed by atoms with E-state index in [1.807, 2.05) is 41.4 Å². The lowest BCUT2D eigenvalue weighted by atomic mass is 10.2. The molecule has 1 heterocycles. The molecule has 1 aromatic carbocycles. The molecule has 0 unspecified atom stereocenters. The fourth-order valence-electron chi connectivity index (χ4n) is 1.70. The molecule has 0 saturated heterocycles. The quantitative estimate of drug-likeness (QED) is 0.787. The normalized spacial score (nSPS) is 10.1. The molecular weight excluding hydrogens is 236 g/mol. The second-order valence-electron chi connectivity index (χ2n) is 4.66. The van der Waals surface area contributed by atoms with Gasteiger partial charge in [0.25, 0.3) is 0 Å². The van der Waals surface area contributed by atoms with Crippen molar-refractivity contribution in [3.05, 3.63) is 48.0 Å². The minimum atomic E-state index is 0.451. The van der Waals surface area contributed by atoms with E-state index >= 15 is 0 Å². The van der Waals surface area contributed by atoms with E-state index in [0.717, 1.165) is 17.0 Å². The van der Waals surface area contributed by atoms with Gasteiger partial charge in [-0.1, -0.05) is 31.8 Å². The second kappa shape index (κ2) is 6.10. The van der Waals surface area contributed by atoms with Crippen molar-refractivity contribution in [3.63, 3.8) is 0 Å². The molecule has 0 spiro atoms. The van der Waals surface area contributed by atoms with Crippen LogP contribution in [0.5, 0.6) is 5.75 Å². The zero-order valence-corrected chi connectivity index (χ0v) is 11.6. The Balaban J connectivity index is 2.03. The Morgan fingerprint density at radius 2 is 2.21 bits per heavy atom. The number of ether oxygens (including phenoxy) is 1. The average molecular weight is 254 g/mol. The van der Waals surface area contributed by atoms with Crippen molar-refractivity contribution in [2.75, 3.05) is 7.11 Å². The van der Waals surface area contributed by atoms with Crippen molar-refractivity contribution in [3.8, 4) is 17.6 Å². The Morgan fingerprint density at radius 1 is 1.37 bits per heavy atom. The summed E-state index contributed by atoms with van der Waals surface area (Å²) in [7, 11) is 1.66. The van der Waals surface area contributed by atoms with Crippen molar-refractivity contribution in [1.82, 2.24) is 9.55 Å². The summed E-state index contributed by atoms with van der Waals surface area (Å²) in [5.41, 5.74) is 2.06. The van der Waals surface area contributed by atoms with E-state index in [0.29, 0.717) is 12.5 Å². The first-order valence-corrected chi connectivity index (χ1v) is 6.33. The lowest BCUT2D eigenvalue weighted by Crippen LogP contribution is -1.91. The molecule has 0 radical (unpaired) electrons. The Hall–Kier alpha value is -2.21. The van der Waals surface area contributed by atoms with Gasteiger partial charge < -0.3 is 9.30 Å². The molecule has 2 aromatic rings. The van der Waals surface area contributed by atoms with Crippen molar-refractivity contribution in [2.24, 2.45) is 0 Å². The van der Waals surface area contributed by atoms with Crippen LogP contribution in [0.4, 0.5) is 0 Å². The van der Waals surface area contributed by atoms with E-state index in [4.69, 9.17) is 4.74 Å². The Kier molecular flexibility index (Phi) is 4.25. The molecule has 0 aliphatic rings. The van der Waals surface area contributed by atoms with Crippen LogP contribution in [0.2, 0.25) is 0 Å². The van der Waals surface area contributed by atoms with Gasteiger partial charge in [0.05, 0.1) is 25.7 Å². The van der Waals surface area contributed by atoms with Crippen LogP contribution in [0.15, 0.2) is 36.8 Å². The molecule has 0 N–H and O–H groups in total. The third-order valence-electron chi connectivity index (χ3n) is 2.81. The molecule has 3 heteroatoms. The number of rotatable bonds is 3. The molecule has 1 aromatic heterocycles. The Morgan fingerprint density at radius 3 is 2.89 bits per heavy atom. The van der Waals surface area contributed by atoms with E-state index < -0.39 is 0 Å². The highest BCUT2D eigenvalue weighted by Gasteiger charge is 2.01. The molecule has 0 fully saturated rings. The molecule has 0 amide bonds. The summed E-state index contributed by atoms with van der Waals surface area (Å²) in [6.45, 7) is 4.92. The van der Waals surface area contributed by atoms with Crippen LogP contribution in [0.3, 0.4) is 0 Å². The molecule has 0 saturated carbocycles. The van der Waals surface area contributed by atoms with Crippen LogP contribution in [0, 0.1) is 11.8 Å². The van der Waals surface area contributed by atoms with Gasteiger partial charge >= 0.3 is 0 Å². The minimum Gasteiger partial charge on any atom is -0.497 e. The van der Waals surface area contributed by atoms with E-state index in [1.54, 1.807) is 7.11 Å². The van der Waals surface area contributed by atoms with Crippen LogP contribution in [-0.4, -0.2) is 16.7 Å². The SMILES string of the molecule is COc1cccc(C#CCn2cnc(C(C)C)c2)c1. The van der Waals surface area contributed by atoms with E-state index in [2.05, 4.69) is 30.7 Å². The third kappa shape index (κ3) is 3.62. The summed E-state index contributed by atoms with van der Waals surface area (Å²) >= 11 is 0. The van der Waals surface area contributed by atoms with Gasteiger partial charge in [-0.2, -0.15) is 0 Å². The van der Waals surface area contributed by atoms with Crippen LogP contribution >= 0.6 is 0 Å². The highest BCUT2D eigenvalue weighted by Crippen LogP contribution is 2.12. The van der Waals surface area contributed by atoms with Gasteiger partial charge in [0.2, 0.25) is 0 Å². The number of hydrogen-bond acceptors (Lipinski definition) is 2. The molecule has 3 nitrogen and oxygen atoms in total. The molecule has 98 valence electrons. The molecule has 19 heavy (non-hydrogen) atoms. The summed E-state index contributed by atoms with van der Waals surface area (Å²) in [6, 6.07) is 7.76. The zero-order chi connectivity index (χ0) is 13.7. The number of methoxy groups -OCH3 is 1. The maximum absolute atomic E-state index is 5.17. The maximum Gasteiger partial charge on any atom is 0.120 e. The second-order valence-corrected chi connectivity index (χ2v) is 4.66. The molecule has 2 rings (SSSR count). The number of hydrogen-bond donors (Lipinski definition) is 0. The van der Waals surface area contributed by atoms with Crippen LogP contribution in [0.1, 0.15) is 31.0 Å². The number of aromatic nitrogens is 2. The number of benzene rings is 1. The van der Waals surface area contributed by atoms with Crippen LogP contribution < -0.4 is 4.74 Å². The summed E-state index contributed by atoms with van der Waals surface area (Å²) in [5, 5.41) is 0. The lowest BCUT2D eigenvalue weighted by Gasteiger charge is -1.98. The predicted molar refractivity (Wildman–Crippen MR) is 76.2 cm³/mol. The first kappa shape index (κ1) is 13.2. The summed E-state index contributed by atoms with van der Waals surface area (Å²) < 4.78 is 7.17. The van der Waals surface area contributed by atoms with Crippen molar-refractivity contribution in [2.45, 2.75) is 26.3 Å². The van der Waals surface area contributed by atoms with Gasteiger partial charge in [0, 0.05) is 11.8 Å². The average Bonchev–Trinajstić information content (AvgIpc) is 2.88. The van der Waals surface area contributed by atoms with Gasteiger partial charge in [-0.25, -0.2) is 4.98 Å². The third-order valence-corrected chi connectivity index (χ3v) is 2.81. The Bertz CT molecular complexity index is 602. The topological polar surface area (TPSA) is 27.1 Å². The van der Waals surface area contributed by atoms with Gasteiger partial charge in [0.15, 0.2) is 0 Å². The highest BCUT2D eigenvalue weighted by molar-refractivity contribution is 5.39. The first-order chi connectivity index (χ1) is 9.19. The number of nitrogens with zero attached hydrogens (tertiary/aromatic N) is 2. The monoisotopic (exact) mass is 254 g/mol. The highest BCUT2D eigenvalue weighted by atomic mass is 16.5. The lowest BCUT2D eigenvalue weighted by molar-refractivity contribution is 0.414. The van der Waals surface area contributed by atoms with Crippen LogP contribution in [-0.2, 0) is 6.54 Å². The van der Waals surface area contributed by atoms with E-state index in [-0.39, 0.29) is 0 Å². The Labute approximate surface area is 114 Å². The fourth-order valence-corrected chi connectivity index (χ4v) is 1.70. The standard InChI is InChI=1S/C16H18N2O/c1-13(2)16-11-18(12-17-16)9-5-7-14-6-4-8-15(10-14)19-3/h4,6,8,10-13H,9H2,1-3H3. The summed E-state index contributed by atoms with van der Waals surface area (Å²) in [6.07, 6.45) is 3.88. The zero-order valence-electron chi connectivity index (χ0n) is 11.6. The smallest absolute Gasteiger partial charge is 0.120 e. The molecule has 0 aliphatic heterocycles. The summed E-state index contributed by atoms with van der Waals surface area (Å²) in [4.78, 5) is 4.34. The molecule has 0 aliphatic carbocycles. The largest absolute Gasteiger partial charge is 0.497 e. The van der Waals surface area contributed by atoms with Crippen LogP contribution in [0.25, 0.3) is 0 Å². The fraction of sp³-hybridized carbons (Fsp3) is 0.312. The minimum absolute atomic E-state index is 0.451. The summed E-state index contributed by atoms with van der Waals surface area (Å²) in [5.74, 6) is 7.55. The number of imidazole rings is 1. The van der Waals surface area contributed by atoms with E-state index in [1.165, 1.54) is 0 Å². The molecular formula is C16H18N2O. The maximum atomic E-state index is 5.17. The van der Waals surface area contributed by atoms with Crippen molar-refractivity contribution < 1.29 is 4.74 Å². The molecule has 0 bridgehead atoms. The van der Waals surface area contributed by atoms with Gasteiger partial charge in [-0.05, 0) is 24.1 Å². The van der Waals surface area contributed by atoms with Crippen molar-refractivity contribution >= 4 is 0 Å². The first-order valence-electron chi connectivity index (χ1n) is 6.33. The molecule has 0 atom stereocenters.